The molecule has 3 nitrogen and oxygen atoms in total. The summed E-state index contributed by atoms with van der Waals surface area (Å²) in [6.07, 6.45) is 3.05. The Hall–Kier alpha value is 0.314. The van der Waals surface area contributed by atoms with E-state index in [2.05, 4.69) is 60.7 Å². The first-order valence-corrected chi connectivity index (χ1v) is 15.5. The van der Waals surface area contributed by atoms with Gasteiger partial charge in [0.1, 0.15) is 0 Å². The summed E-state index contributed by atoms with van der Waals surface area (Å²) in [7, 11) is -1.52. The molecule has 0 heterocycles. The fourth-order valence-corrected chi connectivity index (χ4v) is 9.38. The average Bonchev–Trinajstić information content (AvgIpc) is 2.55. The third-order valence-corrected chi connectivity index (χ3v) is 12.5. The topological polar surface area (TPSA) is 30.5 Å². The molecule has 0 rings (SSSR count). The molecule has 0 saturated heterocycles. The molecule has 0 aliphatic rings. The van der Waals surface area contributed by atoms with Gasteiger partial charge in [-0.15, -0.1) is 0 Å². The van der Waals surface area contributed by atoms with Crippen LogP contribution in [0.2, 0.25) is 24.2 Å². The zero-order chi connectivity index (χ0) is 19.2. The molecule has 2 atom stereocenters. The van der Waals surface area contributed by atoms with Gasteiger partial charge in [0.2, 0.25) is 0 Å². The fourth-order valence-electron chi connectivity index (χ4n) is 3.77. The lowest BCUT2D eigenvalue weighted by Gasteiger charge is -2.28. The quantitative estimate of drug-likeness (QED) is 0.310. The maximum Gasteiger partial charge on any atom is 0.0712 e. The molecular weight excluding hydrogens is 342 g/mol. The average molecular weight is 390 g/mol. The molecule has 0 radical (unpaired) electrons. The number of nitrogens with one attached hydrogen (secondary N) is 1. The Bertz CT molecular complexity index is 267. The maximum atomic E-state index is 6.25. The minimum absolute atomic E-state index is 0.350. The van der Waals surface area contributed by atoms with Crippen molar-refractivity contribution in [3.05, 3.63) is 0 Å². The Morgan fingerprint density at radius 2 is 0.960 bits per heavy atom. The van der Waals surface area contributed by atoms with Gasteiger partial charge in [0.25, 0.3) is 0 Å². The smallest absolute Gasteiger partial charge is 0.0712 e. The van der Waals surface area contributed by atoms with Crippen LogP contribution in [0.5, 0.6) is 0 Å². The van der Waals surface area contributed by atoms with E-state index < -0.39 is 17.6 Å². The molecule has 0 aliphatic heterocycles. The summed E-state index contributed by atoms with van der Waals surface area (Å²) in [6, 6.07) is 5.38. The van der Waals surface area contributed by atoms with Crippen molar-refractivity contribution in [2.75, 3.05) is 13.1 Å². The van der Waals surface area contributed by atoms with Crippen LogP contribution < -0.4 is 5.32 Å². The second-order valence-corrected chi connectivity index (χ2v) is 15.7. The van der Waals surface area contributed by atoms with Gasteiger partial charge in [-0.1, -0.05) is 51.9 Å². The van der Waals surface area contributed by atoms with Crippen molar-refractivity contribution in [2.24, 2.45) is 0 Å². The van der Waals surface area contributed by atoms with E-state index in [1.807, 2.05) is 0 Å². The van der Waals surface area contributed by atoms with Gasteiger partial charge in [-0.25, -0.2) is 0 Å². The van der Waals surface area contributed by atoms with Gasteiger partial charge in [-0.2, -0.15) is 0 Å². The predicted octanol–water partition coefficient (Wildman–Crippen LogP) is 4.56. The molecule has 0 aromatic carbocycles. The monoisotopic (exact) mass is 389 g/mol. The summed E-state index contributed by atoms with van der Waals surface area (Å²) >= 11 is 0. The van der Waals surface area contributed by atoms with Crippen molar-refractivity contribution in [1.82, 2.24) is 5.32 Å². The van der Waals surface area contributed by atoms with Gasteiger partial charge in [0.15, 0.2) is 0 Å². The Balaban J connectivity index is 4.31. The highest BCUT2D eigenvalue weighted by molar-refractivity contribution is 6.60. The second kappa shape index (κ2) is 15.4. The van der Waals surface area contributed by atoms with Crippen LogP contribution in [0.4, 0.5) is 0 Å². The van der Waals surface area contributed by atoms with Crippen molar-refractivity contribution < 1.29 is 9.47 Å². The van der Waals surface area contributed by atoms with E-state index in [4.69, 9.17) is 9.47 Å². The third kappa shape index (κ3) is 11.6. The zero-order valence-corrected chi connectivity index (χ0v) is 20.7. The SMILES string of the molecule is CC[SiH](CC)C(CCNCCC(OC(C)C)[SiH](CC)CC)OC(C)C. The van der Waals surface area contributed by atoms with Crippen LogP contribution in [0.1, 0.15) is 68.2 Å². The summed E-state index contributed by atoms with van der Waals surface area (Å²) in [5.74, 6) is 0. The molecule has 0 fully saturated rings. The summed E-state index contributed by atoms with van der Waals surface area (Å²) in [5.41, 5.74) is 1.05. The first kappa shape index (κ1) is 25.3. The number of hydrogen-bond donors (Lipinski definition) is 1. The Morgan fingerprint density at radius 1 is 0.640 bits per heavy atom. The van der Waals surface area contributed by atoms with Crippen molar-refractivity contribution in [3.63, 3.8) is 0 Å². The molecule has 0 saturated carbocycles. The normalized spacial score (nSPS) is 14.9. The van der Waals surface area contributed by atoms with Gasteiger partial charge >= 0.3 is 0 Å². The van der Waals surface area contributed by atoms with Gasteiger partial charge < -0.3 is 14.8 Å². The number of rotatable bonds is 16. The fraction of sp³-hybridized carbons (Fsp3) is 1.00. The Kier molecular flexibility index (Phi) is 15.6. The molecule has 25 heavy (non-hydrogen) atoms. The van der Waals surface area contributed by atoms with Crippen LogP contribution in [0, 0.1) is 0 Å². The minimum atomic E-state index is -0.761. The van der Waals surface area contributed by atoms with Crippen molar-refractivity contribution in [2.45, 2.75) is 116 Å². The molecule has 5 heteroatoms. The number of hydrogen-bond acceptors (Lipinski definition) is 3. The van der Waals surface area contributed by atoms with Crippen LogP contribution in [0.25, 0.3) is 0 Å². The standard InChI is InChI=1S/C20H47NO2Si2/c1-9-24(10-2)19(22-17(5)6)13-15-21-16-14-20(23-18(7)8)25(11-3)12-4/h17-21,24-25H,9-16H2,1-8H3. The van der Waals surface area contributed by atoms with Crippen molar-refractivity contribution in [3.8, 4) is 0 Å². The molecule has 0 aromatic heterocycles. The maximum absolute atomic E-state index is 6.25. The first-order chi connectivity index (χ1) is 11.9. The molecule has 1 N–H and O–H groups in total. The molecule has 152 valence electrons. The summed E-state index contributed by atoms with van der Waals surface area (Å²) in [6.45, 7) is 20.2. The van der Waals surface area contributed by atoms with Crippen LogP contribution in [-0.2, 0) is 9.47 Å². The van der Waals surface area contributed by atoms with Crippen LogP contribution >= 0.6 is 0 Å². The Labute approximate surface area is 161 Å². The van der Waals surface area contributed by atoms with Crippen LogP contribution in [-0.4, -0.2) is 54.3 Å². The lowest BCUT2D eigenvalue weighted by atomic mass is 10.4. The highest BCUT2D eigenvalue weighted by atomic mass is 28.3. The van der Waals surface area contributed by atoms with Gasteiger partial charge in [-0.05, 0) is 53.6 Å². The molecule has 0 bridgehead atoms. The second-order valence-electron chi connectivity index (χ2n) is 7.93. The van der Waals surface area contributed by atoms with Gasteiger partial charge in [0.05, 0.1) is 29.8 Å². The number of ether oxygens (including phenoxy) is 2. The third-order valence-electron chi connectivity index (χ3n) is 5.25. The van der Waals surface area contributed by atoms with E-state index in [1.165, 1.54) is 37.0 Å². The molecule has 0 amide bonds. The lowest BCUT2D eigenvalue weighted by Crippen LogP contribution is -2.39. The van der Waals surface area contributed by atoms with E-state index >= 15 is 0 Å². The lowest BCUT2D eigenvalue weighted by molar-refractivity contribution is 0.0423. The van der Waals surface area contributed by atoms with Gasteiger partial charge in [-0.3, -0.25) is 0 Å². The summed E-state index contributed by atoms with van der Waals surface area (Å²) in [5, 5.41) is 3.68. The zero-order valence-electron chi connectivity index (χ0n) is 18.4. The largest absolute Gasteiger partial charge is 0.379 e. The van der Waals surface area contributed by atoms with E-state index in [0.717, 1.165) is 13.1 Å². The molecule has 0 aliphatic carbocycles. The van der Waals surface area contributed by atoms with E-state index in [1.54, 1.807) is 0 Å². The highest BCUT2D eigenvalue weighted by Crippen LogP contribution is 2.15. The van der Waals surface area contributed by atoms with Crippen LogP contribution in [0.3, 0.4) is 0 Å². The summed E-state index contributed by atoms with van der Waals surface area (Å²) in [4.78, 5) is 0. The molecule has 0 spiro atoms. The molecular formula is C20H47NO2Si2. The van der Waals surface area contributed by atoms with Crippen LogP contribution in [0.15, 0.2) is 0 Å². The Morgan fingerprint density at radius 3 is 1.20 bits per heavy atom. The van der Waals surface area contributed by atoms with Gasteiger partial charge in [0, 0.05) is 11.5 Å². The van der Waals surface area contributed by atoms with Crippen molar-refractivity contribution >= 4 is 17.6 Å². The van der Waals surface area contributed by atoms with E-state index in [-0.39, 0.29) is 0 Å². The summed E-state index contributed by atoms with van der Waals surface area (Å²) < 4.78 is 12.5. The first-order valence-electron chi connectivity index (χ1n) is 10.9. The van der Waals surface area contributed by atoms with Crippen molar-refractivity contribution in [1.29, 1.82) is 0 Å². The molecule has 0 aromatic rings. The minimum Gasteiger partial charge on any atom is -0.379 e. The highest BCUT2D eigenvalue weighted by Gasteiger charge is 2.23. The molecule has 2 unspecified atom stereocenters. The van der Waals surface area contributed by atoms with E-state index in [9.17, 15) is 0 Å². The van der Waals surface area contributed by atoms with E-state index in [0.29, 0.717) is 23.7 Å². The predicted molar refractivity (Wildman–Crippen MR) is 118 cm³/mol.